The summed E-state index contributed by atoms with van der Waals surface area (Å²) in [6.45, 7) is 4.23. The smallest absolute Gasteiger partial charge is 0.317 e. The molecule has 0 saturated heterocycles. The standard InChI is InChI=1S/C15H24N2O3/c1-11-3-2-8-17(10-11)15(20)16-9-12-4-6-13(7-5-12)14(18)19/h3,12-13H,2,4-10H2,1H3,(H,16,20)(H,18,19). The van der Waals surface area contributed by atoms with Crippen LogP contribution < -0.4 is 5.32 Å². The van der Waals surface area contributed by atoms with Crippen LogP contribution >= 0.6 is 0 Å². The van der Waals surface area contributed by atoms with Crippen molar-refractivity contribution in [2.45, 2.75) is 39.0 Å². The zero-order valence-electron chi connectivity index (χ0n) is 12.1. The Bertz CT molecular complexity index is 398. The summed E-state index contributed by atoms with van der Waals surface area (Å²) in [5.74, 6) is -0.434. The number of urea groups is 1. The highest BCUT2D eigenvalue weighted by molar-refractivity contribution is 5.74. The maximum atomic E-state index is 12.1. The Balaban J connectivity index is 1.69. The van der Waals surface area contributed by atoms with Gasteiger partial charge < -0.3 is 15.3 Å². The number of nitrogens with zero attached hydrogens (tertiary/aromatic N) is 1. The summed E-state index contributed by atoms with van der Waals surface area (Å²) >= 11 is 0. The van der Waals surface area contributed by atoms with Crippen molar-refractivity contribution in [3.8, 4) is 0 Å². The van der Waals surface area contributed by atoms with E-state index in [9.17, 15) is 9.59 Å². The average molecular weight is 280 g/mol. The van der Waals surface area contributed by atoms with Gasteiger partial charge in [0.25, 0.3) is 0 Å². The molecule has 2 N–H and O–H groups in total. The molecule has 1 aliphatic carbocycles. The van der Waals surface area contributed by atoms with E-state index in [4.69, 9.17) is 5.11 Å². The average Bonchev–Trinajstić information content (AvgIpc) is 2.45. The van der Waals surface area contributed by atoms with Gasteiger partial charge >= 0.3 is 12.0 Å². The van der Waals surface area contributed by atoms with E-state index < -0.39 is 5.97 Å². The molecule has 0 radical (unpaired) electrons. The number of amides is 2. The second-order valence-electron chi connectivity index (χ2n) is 6.00. The summed E-state index contributed by atoms with van der Waals surface area (Å²) in [5.41, 5.74) is 1.24. The van der Waals surface area contributed by atoms with E-state index in [-0.39, 0.29) is 11.9 Å². The topological polar surface area (TPSA) is 69.6 Å². The zero-order valence-corrected chi connectivity index (χ0v) is 12.1. The number of rotatable bonds is 3. The van der Waals surface area contributed by atoms with Crippen molar-refractivity contribution in [3.05, 3.63) is 11.6 Å². The molecule has 2 rings (SSSR count). The van der Waals surface area contributed by atoms with Gasteiger partial charge in [-0.25, -0.2) is 4.79 Å². The predicted molar refractivity (Wildman–Crippen MR) is 76.4 cm³/mol. The van der Waals surface area contributed by atoms with Crippen LogP contribution in [0.25, 0.3) is 0 Å². The Hall–Kier alpha value is -1.52. The van der Waals surface area contributed by atoms with Gasteiger partial charge in [0.1, 0.15) is 0 Å². The van der Waals surface area contributed by atoms with E-state index >= 15 is 0 Å². The van der Waals surface area contributed by atoms with E-state index in [0.717, 1.165) is 45.2 Å². The molecular weight excluding hydrogens is 256 g/mol. The number of carboxylic acid groups (broad SMARTS) is 1. The maximum absolute atomic E-state index is 12.1. The number of carboxylic acids is 1. The minimum absolute atomic E-state index is 0.0119. The van der Waals surface area contributed by atoms with Gasteiger partial charge in [0.2, 0.25) is 0 Å². The number of carbonyl (C=O) groups is 2. The van der Waals surface area contributed by atoms with Crippen LogP contribution in [0.15, 0.2) is 11.6 Å². The lowest BCUT2D eigenvalue weighted by molar-refractivity contribution is -0.143. The lowest BCUT2D eigenvalue weighted by atomic mass is 9.82. The molecule has 1 heterocycles. The fourth-order valence-corrected chi connectivity index (χ4v) is 3.04. The molecule has 0 atom stereocenters. The summed E-state index contributed by atoms with van der Waals surface area (Å²) in [5, 5.41) is 12.0. The highest BCUT2D eigenvalue weighted by Gasteiger charge is 2.26. The third-order valence-corrected chi connectivity index (χ3v) is 4.36. The lowest BCUT2D eigenvalue weighted by Crippen LogP contribution is -2.44. The normalized spacial score (nSPS) is 26.9. The predicted octanol–water partition coefficient (Wildman–Crippen LogP) is 2.24. The monoisotopic (exact) mass is 280 g/mol. The molecule has 1 aliphatic heterocycles. The second kappa shape index (κ2) is 6.77. The summed E-state index contributed by atoms with van der Waals surface area (Å²) < 4.78 is 0. The van der Waals surface area contributed by atoms with Crippen LogP contribution in [0.1, 0.15) is 39.0 Å². The van der Waals surface area contributed by atoms with Crippen molar-refractivity contribution in [2.24, 2.45) is 11.8 Å². The van der Waals surface area contributed by atoms with E-state index in [1.165, 1.54) is 5.57 Å². The number of hydrogen-bond donors (Lipinski definition) is 2. The van der Waals surface area contributed by atoms with E-state index in [1.54, 1.807) is 0 Å². The fraction of sp³-hybridized carbons (Fsp3) is 0.733. The van der Waals surface area contributed by atoms with Gasteiger partial charge in [-0.2, -0.15) is 0 Å². The lowest BCUT2D eigenvalue weighted by Gasteiger charge is -2.29. The molecule has 0 aromatic carbocycles. The first-order valence-corrected chi connectivity index (χ1v) is 7.47. The minimum Gasteiger partial charge on any atom is -0.481 e. The molecule has 0 unspecified atom stereocenters. The zero-order chi connectivity index (χ0) is 14.5. The van der Waals surface area contributed by atoms with Crippen LogP contribution in [0.2, 0.25) is 0 Å². The highest BCUT2D eigenvalue weighted by Crippen LogP contribution is 2.28. The SMILES string of the molecule is CC1=CCCN(C(=O)NCC2CCC(C(=O)O)CC2)C1. The van der Waals surface area contributed by atoms with Crippen molar-refractivity contribution in [2.75, 3.05) is 19.6 Å². The number of nitrogens with one attached hydrogen (secondary N) is 1. The summed E-state index contributed by atoms with van der Waals surface area (Å²) in [7, 11) is 0. The van der Waals surface area contributed by atoms with Gasteiger partial charge in [0, 0.05) is 19.6 Å². The van der Waals surface area contributed by atoms with Gasteiger partial charge in [-0.15, -0.1) is 0 Å². The van der Waals surface area contributed by atoms with Crippen molar-refractivity contribution in [1.29, 1.82) is 0 Å². The third kappa shape index (κ3) is 3.99. The number of aliphatic carboxylic acids is 1. The molecule has 2 aliphatic rings. The largest absolute Gasteiger partial charge is 0.481 e. The molecule has 1 fully saturated rings. The first-order chi connectivity index (χ1) is 9.56. The fourth-order valence-electron chi connectivity index (χ4n) is 3.04. The van der Waals surface area contributed by atoms with E-state index in [0.29, 0.717) is 12.5 Å². The molecule has 0 aromatic heterocycles. The Morgan fingerprint density at radius 1 is 1.35 bits per heavy atom. The first-order valence-electron chi connectivity index (χ1n) is 7.47. The highest BCUT2D eigenvalue weighted by atomic mass is 16.4. The summed E-state index contributed by atoms with van der Waals surface area (Å²) in [4.78, 5) is 24.8. The van der Waals surface area contributed by atoms with Gasteiger partial charge in [0.15, 0.2) is 0 Å². The summed E-state index contributed by atoms with van der Waals surface area (Å²) in [6.07, 6.45) is 6.38. The molecule has 0 aromatic rings. The van der Waals surface area contributed by atoms with Crippen LogP contribution in [0.4, 0.5) is 4.79 Å². The third-order valence-electron chi connectivity index (χ3n) is 4.36. The Labute approximate surface area is 120 Å². The molecular formula is C15H24N2O3. The molecule has 0 bridgehead atoms. The van der Waals surface area contributed by atoms with Gasteiger partial charge in [-0.1, -0.05) is 11.6 Å². The van der Waals surface area contributed by atoms with Crippen LogP contribution in [0, 0.1) is 11.8 Å². The second-order valence-corrected chi connectivity index (χ2v) is 6.00. The molecule has 0 spiro atoms. The first kappa shape index (κ1) is 14.9. The maximum Gasteiger partial charge on any atom is 0.317 e. The molecule has 112 valence electrons. The molecule has 5 nitrogen and oxygen atoms in total. The van der Waals surface area contributed by atoms with Crippen LogP contribution in [0.3, 0.4) is 0 Å². The Morgan fingerprint density at radius 2 is 2.05 bits per heavy atom. The number of carbonyl (C=O) groups excluding carboxylic acids is 1. The molecule has 5 heteroatoms. The van der Waals surface area contributed by atoms with Gasteiger partial charge in [0.05, 0.1) is 5.92 Å². The Morgan fingerprint density at radius 3 is 2.65 bits per heavy atom. The van der Waals surface area contributed by atoms with Crippen molar-refractivity contribution in [3.63, 3.8) is 0 Å². The minimum atomic E-state index is -0.678. The molecule has 2 amide bonds. The van der Waals surface area contributed by atoms with Crippen LogP contribution in [-0.4, -0.2) is 41.6 Å². The summed E-state index contributed by atoms with van der Waals surface area (Å²) in [6, 6.07) is 0.0119. The number of hydrogen-bond acceptors (Lipinski definition) is 2. The quantitative estimate of drug-likeness (QED) is 0.779. The van der Waals surface area contributed by atoms with Crippen molar-refractivity contribution >= 4 is 12.0 Å². The van der Waals surface area contributed by atoms with Crippen LogP contribution in [0.5, 0.6) is 0 Å². The molecule has 1 saturated carbocycles. The van der Waals surface area contributed by atoms with Gasteiger partial charge in [-0.05, 0) is 44.9 Å². The molecule has 20 heavy (non-hydrogen) atoms. The van der Waals surface area contributed by atoms with Crippen molar-refractivity contribution < 1.29 is 14.7 Å². The van der Waals surface area contributed by atoms with E-state index in [2.05, 4.69) is 11.4 Å². The van der Waals surface area contributed by atoms with Crippen molar-refractivity contribution in [1.82, 2.24) is 10.2 Å². The Kier molecular flexibility index (Phi) is 5.04. The van der Waals surface area contributed by atoms with E-state index in [1.807, 2.05) is 11.8 Å². The van der Waals surface area contributed by atoms with Gasteiger partial charge in [-0.3, -0.25) is 4.79 Å². The van der Waals surface area contributed by atoms with Crippen LogP contribution in [-0.2, 0) is 4.79 Å².